The molecule has 6 heteroatoms. The molecule has 0 radical (unpaired) electrons. The van der Waals surface area contributed by atoms with Gasteiger partial charge in [-0.05, 0) is 12.1 Å². The van der Waals surface area contributed by atoms with E-state index in [-0.39, 0.29) is 10.9 Å². The molecule has 88 valence electrons. The van der Waals surface area contributed by atoms with Crippen molar-refractivity contribution in [3.05, 3.63) is 41.6 Å². The predicted molar refractivity (Wildman–Crippen MR) is 63.3 cm³/mol. The summed E-state index contributed by atoms with van der Waals surface area (Å²) in [5.74, 6) is 0.126. The smallest absolute Gasteiger partial charge is 0.171 e. The van der Waals surface area contributed by atoms with Crippen LogP contribution in [0.4, 0.5) is 15.9 Å². The third kappa shape index (κ3) is 2.62. The molecule has 4 nitrogen and oxygen atoms in total. The van der Waals surface area contributed by atoms with Gasteiger partial charge < -0.3 is 10.1 Å². The third-order valence-electron chi connectivity index (χ3n) is 2.07. The quantitative estimate of drug-likeness (QED) is 0.913. The largest absolute Gasteiger partial charge is 0.494 e. The Balaban J connectivity index is 2.28. The topological polar surface area (TPSA) is 47.0 Å². The van der Waals surface area contributed by atoms with E-state index in [1.54, 1.807) is 6.07 Å². The molecule has 1 N–H and O–H groups in total. The SMILES string of the molecule is COc1cc(Nc2nccnc2Cl)ccc1F. The van der Waals surface area contributed by atoms with Gasteiger partial charge in [-0.25, -0.2) is 14.4 Å². The van der Waals surface area contributed by atoms with E-state index in [1.807, 2.05) is 0 Å². The number of benzene rings is 1. The number of ether oxygens (including phenoxy) is 1. The van der Waals surface area contributed by atoms with Gasteiger partial charge in [-0.3, -0.25) is 0 Å². The van der Waals surface area contributed by atoms with Crippen LogP contribution in [-0.4, -0.2) is 17.1 Å². The molecule has 0 amide bonds. The van der Waals surface area contributed by atoms with Gasteiger partial charge in [0.1, 0.15) is 0 Å². The summed E-state index contributed by atoms with van der Waals surface area (Å²) < 4.78 is 18.1. The standard InChI is InChI=1S/C11H9ClFN3O/c1-17-9-6-7(2-3-8(9)13)16-11-10(12)14-4-5-15-11/h2-6H,1H3,(H,15,16). The summed E-state index contributed by atoms with van der Waals surface area (Å²) in [5.41, 5.74) is 0.616. The minimum absolute atomic E-state index is 0.148. The van der Waals surface area contributed by atoms with Crippen molar-refractivity contribution >= 4 is 23.1 Å². The van der Waals surface area contributed by atoms with E-state index in [0.717, 1.165) is 0 Å². The van der Waals surface area contributed by atoms with E-state index >= 15 is 0 Å². The van der Waals surface area contributed by atoms with Crippen LogP contribution in [0, 0.1) is 5.82 Å². The molecular formula is C11H9ClFN3O. The highest BCUT2D eigenvalue weighted by Gasteiger charge is 2.06. The van der Waals surface area contributed by atoms with Gasteiger partial charge in [0.05, 0.1) is 7.11 Å². The summed E-state index contributed by atoms with van der Waals surface area (Å²) in [6, 6.07) is 4.37. The molecule has 0 atom stereocenters. The van der Waals surface area contributed by atoms with Crippen molar-refractivity contribution in [3.8, 4) is 5.75 Å². The van der Waals surface area contributed by atoms with Crippen LogP contribution in [0.3, 0.4) is 0 Å². The van der Waals surface area contributed by atoms with Gasteiger partial charge in [-0.2, -0.15) is 0 Å². The molecule has 2 aromatic rings. The van der Waals surface area contributed by atoms with Crippen molar-refractivity contribution in [2.75, 3.05) is 12.4 Å². The summed E-state index contributed by atoms with van der Waals surface area (Å²) in [6.45, 7) is 0. The van der Waals surface area contributed by atoms with Gasteiger partial charge in [0.15, 0.2) is 22.5 Å². The summed E-state index contributed by atoms with van der Waals surface area (Å²) in [4.78, 5) is 7.88. The molecule has 0 bridgehead atoms. The highest BCUT2D eigenvalue weighted by molar-refractivity contribution is 6.31. The second-order valence-corrected chi connectivity index (χ2v) is 3.53. The zero-order chi connectivity index (χ0) is 12.3. The fourth-order valence-corrected chi connectivity index (χ4v) is 1.43. The number of anilines is 2. The first-order valence-electron chi connectivity index (χ1n) is 4.78. The van der Waals surface area contributed by atoms with Gasteiger partial charge in [0, 0.05) is 24.1 Å². The summed E-state index contributed by atoms with van der Waals surface area (Å²) in [5, 5.41) is 3.17. The molecule has 0 unspecified atom stereocenters. The monoisotopic (exact) mass is 253 g/mol. The highest BCUT2D eigenvalue weighted by Crippen LogP contribution is 2.25. The first-order chi connectivity index (χ1) is 8.20. The third-order valence-corrected chi connectivity index (χ3v) is 2.34. The lowest BCUT2D eigenvalue weighted by atomic mass is 10.3. The Morgan fingerprint density at radius 2 is 2.06 bits per heavy atom. The number of rotatable bonds is 3. The van der Waals surface area contributed by atoms with Crippen molar-refractivity contribution in [1.82, 2.24) is 9.97 Å². The number of hydrogen-bond acceptors (Lipinski definition) is 4. The summed E-state index contributed by atoms with van der Waals surface area (Å²) in [7, 11) is 1.40. The van der Waals surface area contributed by atoms with Crippen molar-refractivity contribution in [1.29, 1.82) is 0 Å². The average Bonchev–Trinajstić information content (AvgIpc) is 2.34. The van der Waals surface area contributed by atoms with E-state index in [9.17, 15) is 4.39 Å². The van der Waals surface area contributed by atoms with Crippen LogP contribution in [0.2, 0.25) is 5.15 Å². The maximum atomic E-state index is 13.2. The van der Waals surface area contributed by atoms with Crippen LogP contribution in [0.25, 0.3) is 0 Å². The van der Waals surface area contributed by atoms with Gasteiger partial charge in [-0.15, -0.1) is 0 Å². The molecular weight excluding hydrogens is 245 g/mol. The summed E-state index contributed by atoms with van der Waals surface area (Å²) >= 11 is 5.84. The van der Waals surface area contributed by atoms with E-state index in [4.69, 9.17) is 16.3 Å². The first kappa shape index (κ1) is 11.6. The fraction of sp³-hybridized carbons (Fsp3) is 0.0909. The second-order valence-electron chi connectivity index (χ2n) is 3.17. The zero-order valence-corrected chi connectivity index (χ0v) is 9.70. The van der Waals surface area contributed by atoms with Crippen LogP contribution >= 0.6 is 11.6 Å². The summed E-state index contributed by atoms with van der Waals surface area (Å²) in [6.07, 6.45) is 2.99. The van der Waals surface area contributed by atoms with Crippen LogP contribution in [0.15, 0.2) is 30.6 Å². The van der Waals surface area contributed by atoms with Crippen molar-refractivity contribution < 1.29 is 9.13 Å². The highest BCUT2D eigenvalue weighted by atomic mass is 35.5. The minimum Gasteiger partial charge on any atom is -0.494 e. The maximum absolute atomic E-state index is 13.2. The molecule has 0 fully saturated rings. The van der Waals surface area contributed by atoms with E-state index in [2.05, 4.69) is 15.3 Å². The molecule has 1 heterocycles. The molecule has 17 heavy (non-hydrogen) atoms. The van der Waals surface area contributed by atoms with Crippen LogP contribution in [0.1, 0.15) is 0 Å². The Hall–Kier alpha value is -1.88. The molecule has 0 saturated carbocycles. The van der Waals surface area contributed by atoms with E-state index < -0.39 is 5.82 Å². The maximum Gasteiger partial charge on any atom is 0.171 e. The Labute approximate surface area is 102 Å². The molecule has 0 aliphatic heterocycles. The van der Waals surface area contributed by atoms with Crippen LogP contribution < -0.4 is 10.1 Å². The fourth-order valence-electron chi connectivity index (χ4n) is 1.28. The Morgan fingerprint density at radius 1 is 1.29 bits per heavy atom. The molecule has 0 aliphatic rings. The number of hydrogen-bond donors (Lipinski definition) is 1. The predicted octanol–water partition coefficient (Wildman–Crippen LogP) is 3.02. The lowest BCUT2D eigenvalue weighted by Gasteiger charge is -2.08. The van der Waals surface area contributed by atoms with E-state index in [1.165, 1.54) is 31.6 Å². The van der Waals surface area contributed by atoms with Crippen LogP contribution in [0.5, 0.6) is 5.75 Å². The zero-order valence-electron chi connectivity index (χ0n) is 8.95. The lowest BCUT2D eigenvalue weighted by Crippen LogP contribution is -1.97. The van der Waals surface area contributed by atoms with Gasteiger partial charge in [0.2, 0.25) is 0 Å². The van der Waals surface area contributed by atoms with Crippen LogP contribution in [-0.2, 0) is 0 Å². The van der Waals surface area contributed by atoms with Crippen molar-refractivity contribution in [2.45, 2.75) is 0 Å². The number of nitrogens with zero attached hydrogens (tertiary/aromatic N) is 2. The number of methoxy groups -OCH3 is 1. The number of halogens is 2. The minimum atomic E-state index is -0.428. The average molecular weight is 254 g/mol. The normalized spacial score (nSPS) is 10.1. The molecule has 0 spiro atoms. The second kappa shape index (κ2) is 4.97. The number of nitrogens with one attached hydrogen (secondary N) is 1. The Kier molecular flexibility index (Phi) is 3.39. The molecule has 0 saturated heterocycles. The van der Waals surface area contributed by atoms with Crippen molar-refractivity contribution in [3.63, 3.8) is 0 Å². The van der Waals surface area contributed by atoms with E-state index in [0.29, 0.717) is 11.5 Å². The van der Waals surface area contributed by atoms with Gasteiger partial charge >= 0.3 is 0 Å². The first-order valence-corrected chi connectivity index (χ1v) is 5.15. The molecule has 1 aromatic carbocycles. The van der Waals surface area contributed by atoms with Crippen molar-refractivity contribution in [2.24, 2.45) is 0 Å². The molecule has 1 aromatic heterocycles. The molecule has 0 aliphatic carbocycles. The Bertz CT molecular complexity index is 536. The van der Waals surface area contributed by atoms with Gasteiger partial charge in [-0.1, -0.05) is 11.6 Å². The number of aromatic nitrogens is 2. The van der Waals surface area contributed by atoms with Gasteiger partial charge in [0.25, 0.3) is 0 Å². The lowest BCUT2D eigenvalue weighted by molar-refractivity contribution is 0.387. The Morgan fingerprint density at radius 3 is 2.76 bits per heavy atom. The molecule has 2 rings (SSSR count).